The number of nitrogens with zero attached hydrogens (tertiary/aromatic N) is 3. The van der Waals surface area contributed by atoms with E-state index in [-0.39, 0.29) is 0 Å². The van der Waals surface area contributed by atoms with Gasteiger partial charge in [0.1, 0.15) is 27.3 Å². The van der Waals surface area contributed by atoms with Gasteiger partial charge < -0.3 is 9.88 Å². The van der Waals surface area contributed by atoms with Crippen molar-refractivity contribution < 1.29 is 0 Å². The molecular formula is C24H21B2ClN4. The van der Waals surface area contributed by atoms with Crippen molar-refractivity contribution in [2.45, 2.75) is 20.8 Å². The number of anilines is 1. The lowest BCUT2D eigenvalue weighted by Crippen LogP contribution is -2.32. The molecule has 0 saturated heterocycles. The second-order valence-electron chi connectivity index (χ2n) is 7.75. The molecule has 0 bridgehead atoms. The number of imidazole rings is 1. The van der Waals surface area contributed by atoms with E-state index in [1.54, 1.807) is 0 Å². The lowest BCUT2D eigenvalue weighted by molar-refractivity contribution is 0.865. The van der Waals surface area contributed by atoms with E-state index in [4.69, 9.17) is 27.3 Å². The average molecular weight is 423 g/mol. The first-order valence-corrected chi connectivity index (χ1v) is 10.2. The number of halogens is 1. The van der Waals surface area contributed by atoms with Crippen LogP contribution in [-0.4, -0.2) is 30.2 Å². The molecule has 1 N–H and O–H groups in total. The first-order chi connectivity index (χ1) is 14.7. The molecule has 4 rings (SSSR count). The zero-order valence-corrected chi connectivity index (χ0v) is 18.8. The van der Waals surface area contributed by atoms with E-state index in [9.17, 15) is 0 Å². The summed E-state index contributed by atoms with van der Waals surface area (Å²) in [6.07, 6.45) is 3.72. The fourth-order valence-corrected chi connectivity index (χ4v) is 4.00. The SMILES string of the molecule is [B]c1c([B])c(C(=C)Nc2cc3cc(-c4cnc(C)n4C)ccc3cn2)c(C)c(C)c1Cl. The minimum atomic E-state index is 0.366. The van der Waals surface area contributed by atoms with Crippen molar-refractivity contribution in [1.82, 2.24) is 14.5 Å². The summed E-state index contributed by atoms with van der Waals surface area (Å²) in [5, 5.41) is 5.86. The first-order valence-electron chi connectivity index (χ1n) is 9.87. The monoisotopic (exact) mass is 422 g/mol. The number of nitrogens with one attached hydrogen (secondary N) is 1. The summed E-state index contributed by atoms with van der Waals surface area (Å²) >= 11 is 6.29. The van der Waals surface area contributed by atoms with E-state index in [1.165, 1.54) is 0 Å². The van der Waals surface area contributed by atoms with Gasteiger partial charge in [0.25, 0.3) is 0 Å². The van der Waals surface area contributed by atoms with Crippen molar-refractivity contribution in [1.29, 1.82) is 0 Å². The minimum Gasteiger partial charge on any atom is -0.340 e. The second kappa shape index (κ2) is 7.93. The Labute approximate surface area is 190 Å². The van der Waals surface area contributed by atoms with Crippen LogP contribution in [-0.2, 0) is 7.05 Å². The highest BCUT2D eigenvalue weighted by atomic mass is 35.5. The van der Waals surface area contributed by atoms with Gasteiger partial charge in [-0.1, -0.05) is 41.2 Å². The molecule has 0 atom stereocenters. The predicted octanol–water partition coefficient (Wildman–Crippen LogP) is 3.88. The highest BCUT2D eigenvalue weighted by Crippen LogP contribution is 2.28. The van der Waals surface area contributed by atoms with Crippen molar-refractivity contribution in [3.8, 4) is 11.3 Å². The average Bonchev–Trinajstić information content (AvgIpc) is 3.09. The normalized spacial score (nSPS) is 11.1. The Bertz CT molecular complexity index is 1330. The van der Waals surface area contributed by atoms with Gasteiger partial charge in [0.15, 0.2) is 0 Å². The second-order valence-corrected chi connectivity index (χ2v) is 8.13. The summed E-state index contributed by atoms with van der Waals surface area (Å²) in [4.78, 5) is 8.93. The number of aromatic nitrogens is 3. The van der Waals surface area contributed by atoms with Crippen LogP contribution < -0.4 is 16.2 Å². The highest BCUT2D eigenvalue weighted by Gasteiger charge is 2.15. The standard InChI is InChI=1S/C24H21B2ClN4/c1-12-13(2)24(27)23(26)22(25)21(12)14(3)30-20-9-18-8-16(6-7-17(18)10-29-20)19-11-28-15(4)31(19)5/h6-11H,3H2,1-2,4-5H3,(H,29,30). The predicted molar refractivity (Wildman–Crippen MR) is 133 cm³/mol. The molecule has 7 heteroatoms. The number of hydrogen-bond acceptors (Lipinski definition) is 3. The molecule has 0 fully saturated rings. The first kappa shape index (κ1) is 21.3. The van der Waals surface area contributed by atoms with Gasteiger partial charge in [-0.05, 0) is 55.0 Å². The molecule has 4 nitrogen and oxygen atoms in total. The third kappa shape index (κ3) is 3.66. The number of benzene rings is 2. The summed E-state index contributed by atoms with van der Waals surface area (Å²) in [5.41, 5.74) is 6.12. The summed E-state index contributed by atoms with van der Waals surface area (Å²) in [5.74, 6) is 1.63. The number of aryl methyl sites for hydroxylation is 1. The molecule has 0 aliphatic rings. The highest BCUT2D eigenvalue weighted by molar-refractivity contribution is 6.56. The largest absolute Gasteiger partial charge is 0.340 e. The van der Waals surface area contributed by atoms with Crippen molar-refractivity contribution in [3.05, 3.63) is 70.8 Å². The maximum absolute atomic E-state index is 6.29. The maximum atomic E-state index is 6.29. The van der Waals surface area contributed by atoms with E-state index in [1.807, 2.05) is 46.3 Å². The lowest BCUT2D eigenvalue weighted by Gasteiger charge is -2.21. The molecule has 0 unspecified atom stereocenters. The Morgan fingerprint density at radius 2 is 1.74 bits per heavy atom. The van der Waals surface area contributed by atoms with Crippen LogP contribution in [0.3, 0.4) is 0 Å². The van der Waals surface area contributed by atoms with Crippen LogP contribution in [0.1, 0.15) is 22.5 Å². The van der Waals surface area contributed by atoms with E-state index in [0.717, 1.165) is 44.5 Å². The third-order valence-electron chi connectivity index (χ3n) is 5.88. The molecule has 0 spiro atoms. The third-order valence-corrected chi connectivity index (χ3v) is 6.37. The van der Waals surface area contributed by atoms with Crippen LogP contribution in [0.2, 0.25) is 5.02 Å². The molecule has 0 aliphatic heterocycles. The smallest absolute Gasteiger partial charge is 0.130 e. The summed E-state index contributed by atoms with van der Waals surface area (Å²) in [7, 11) is 14.4. The zero-order valence-electron chi connectivity index (χ0n) is 18.0. The van der Waals surface area contributed by atoms with Gasteiger partial charge in [-0.3, -0.25) is 0 Å². The fraction of sp³-hybridized carbons (Fsp3) is 0.167. The molecule has 150 valence electrons. The lowest BCUT2D eigenvalue weighted by atomic mass is 9.74. The molecule has 31 heavy (non-hydrogen) atoms. The van der Waals surface area contributed by atoms with Crippen molar-refractivity contribution >= 4 is 60.5 Å². The van der Waals surface area contributed by atoms with Gasteiger partial charge in [-0.15, -0.1) is 0 Å². The molecular weight excluding hydrogens is 401 g/mol. The Morgan fingerprint density at radius 1 is 1.00 bits per heavy atom. The number of pyridine rings is 1. The van der Waals surface area contributed by atoms with E-state index in [2.05, 4.69) is 44.6 Å². The maximum Gasteiger partial charge on any atom is 0.130 e. The zero-order chi connectivity index (χ0) is 22.4. The van der Waals surface area contributed by atoms with Crippen molar-refractivity contribution in [2.24, 2.45) is 7.05 Å². The van der Waals surface area contributed by atoms with Crippen molar-refractivity contribution in [3.63, 3.8) is 0 Å². The van der Waals surface area contributed by atoms with Crippen LogP contribution in [0.25, 0.3) is 27.7 Å². The summed E-state index contributed by atoms with van der Waals surface area (Å²) in [6.45, 7) is 10.0. The minimum absolute atomic E-state index is 0.366. The molecule has 4 aromatic rings. The van der Waals surface area contributed by atoms with Crippen LogP contribution in [0, 0.1) is 20.8 Å². The Hall–Kier alpha value is -2.98. The number of fused-ring (bicyclic) bond motifs is 1. The van der Waals surface area contributed by atoms with Gasteiger partial charge in [0.2, 0.25) is 0 Å². The van der Waals surface area contributed by atoms with Gasteiger partial charge in [-0.25, -0.2) is 9.97 Å². The number of hydrogen-bond donors (Lipinski definition) is 1. The van der Waals surface area contributed by atoms with Crippen LogP contribution in [0.4, 0.5) is 5.82 Å². The molecule has 2 heterocycles. The fourth-order valence-electron chi connectivity index (χ4n) is 3.75. The molecule has 4 radical (unpaired) electrons. The van der Waals surface area contributed by atoms with E-state index < -0.39 is 0 Å². The van der Waals surface area contributed by atoms with Gasteiger partial charge in [0.05, 0.1) is 11.9 Å². The Kier molecular flexibility index (Phi) is 5.44. The topological polar surface area (TPSA) is 42.7 Å². The summed E-state index contributed by atoms with van der Waals surface area (Å²) < 4.78 is 2.07. The summed E-state index contributed by atoms with van der Waals surface area (Å²) in [6, 6.07) is 8.26. The molecule has 0 saturated carbocycles. The van der Waals surface area contributed by atoms with Gasteiger partial charge >= 0.3 is 0 Å². The molecule has 0 aliphatic carbocycles. The Morgan fingerprint density at radius 3 is 2.42 bits per heavy atom. The Balaban J connectivity index is 1.71. The van der Waals surface area contributed by atoms with Crippen LogP contribution >= 0.6 is 11.6 Å². The van der Waals surface area contributed by atoms with E-state index >= 15 is 0 Å². The molecule has 2 aromatic carbocycles. The van der Waals surface area contributed by atoms with Crippen LogP contribution in [0.15, 0.2) is 43.2 Å². The number of rotatable bonds is 4. The van der Waals surface area contributed by atoms with Crippen molar-refractivity contribution in [2.75, 3.05) is 5.32 Å². The molecule has 2 aromatic heterocycles. The van der Waals surface area contributed by atoms with Gasteiger partial charge in [-0.2, -0.15) is 0 Å². The van der Waals surface area contributed by atoms with E-state index in [0.29, 0.717) is 27.5 Å². The quantitative estimate of drug-likeness (QED) is 0.508. The van der Waals surface area contributed by atoms with Gasteiger partial charge in [0, 0.05) is 34.9 Å². The van der Waals surface area contributed by atoms with Crippen LogP contribution in [0.5, 0.6) is 0 Å². The molecule has 0 amide bonds.